The standard InChI is InChI=1S/C31H32N4O3S/c1-3-27(29(37)32-18-21-10-8-20(2)9-11-21)39-31-34-26-7-5-4-6-25(26)30(38)35(31)19-22-12-14-23(15-13-22)28(36)33-24-16-17-24/h4-15,24,27H,3,16-19H2,1-2H3,(H,32,37)(H,33,36). The summed E-state index contributed by atoms with van der Waals surface area (Å²) in [6.45, 7) is 4.71. The van der Waals surface area contributed by atoms with Gasteiger partial charge in [0.1, 0.15) is 0 Å². The lowest BCUT2D eigenvalue weighted by molar-refractivity contribution is -0.120. The number of aryl methyl sites for hydroxylation is 1. The molecule has 1 atom stereocenters. The van der Waals surface area contributed by atoms with Crippen molar-refractivity contribution in [2.45, 2.75) is 62.6 Å². The van der Waals surface area contributed by atoms with Gasteiger partial charge in [-0.15, -0.1) is 0 Å². The number of hydrogen-bond donors (Lipinski definition) is 2. The number of thioether (sulfide) groups is 1. The Hall–Kier alpha value is -3.91. The third-order valence-corrected chi connectivity index (χ3v) is 8.15. The van der Waals surface area contributed by atoms with E-state index in [1.807, 2.05) is 68.4 Å². The Bertz CT molecular complexity index is 1540. The van der Waals surface area contributed by atoms with Crippen LogP contribution in [0, 0.1) is 6.92 Å². The second-order valence-electron chi connectivity index (χ2n) is 9.97. The minimum atomic E-state index is -0.414. The zero-order chi connectivity index (χ0) is 27.4. The number of nitrogens with zero attached hydrogens (tertiary/aromatic N) is 2. The van der Waals surface area contributed by atoms with Gasteiger partial charge in [0.15, 0.2) is 5.16 Å². The number of nitrogens with one attached hydrogen (secondary N) is 2. The highest BCUT2D eigenvalue weighted by atomic mass is 32.2. The molecule has 1 saturated carbocycles. The van der Waals surface area contributed by atoms with Gasteiger partial charge in [-0.05, 0) is 61.6 Å². The number of rotatable bonds is 10. The Labute approximate surface area is 232 Å². The highest BCUT2D eigenvalue weighted by Crippen LogP contribution is 2.26. The van der Waals surface area contributed by atoms with E-state index in [1.165, 1.54) is 17.3 Å². The van der Waals surface area contributed by atoms with E-state index in [0.717, 1.165) is 24.0 Å². The van der Waals surface area contributed by atoms with Crippen LogP contribution in [-0.4, -0.2) is 32.7 Å². The number of carbonyl (C=O) groups is 2. The van der Waals surface area contributed by atoms with E-state index in [4.69, 9.17) is 4.98 Å². The van der Waals surface area contributed by atoms with Gasteiger partial charge in [-0.3, -0.25) is 19.0 Å². The fraction of sp³-hybridized carbons (Fsp3) is 0.290. The Morgan fingerprint density at radius 3 is 2.38 bits per heavy atom. The van der Waals surface area contributed by atoms with Crippen molar-refractivity contribution in [3.05, 3.63) is 105 Å². The summed E-state index contributed by atoms with van der Waals surface area (Å²) in [4.78, 5) is 43.9. The molecule has 1 fully saturated rings. The summed E-state index contributed by atoms with van der Waals surface area (Å²) in [5, 5.41) is 6.63. The number of amides is 2. The molecule has 2 N–H and O–H groups in total. The van der Waals surface area contributed by atoms with Crippen LogP contribution in [0.25, 0.3) is 10.9 Å². The molecule has 0 aliphatic heterocycles. The highest BCUT2D eigenvalue weighted by Gasteiger charge is 2.24. The van der Waals surface area contributed by atoms with Crippen molar-refractivity contribution in [2.75, 3.05) is 0 Å². The summed E-state index contributed by atoms with van der Waals surface area (Å²) in [6.07, 6.45) is 2.65. The van der Waals surface area contributed by atoms with Gasteiger partial charge >= 0.3 is 0 Å². The van der Waals surface area contributed by atoms with E-state index < -0.39 is 5.25 Å². The summed E-state index contributed by atoms with van der Waals surface area (Å²) < 4.78 is 1.63. The molecule has 200 valence electrons. The Morgan fingerprint density at radius 2 is 1.69 bits per heavy atom. The molecule has 0 radical (unpaired) electrons. The fourth-order valence-corrected chi connectivity index (χ4v) is 5.31. The Kier molecular flexibility index (Phi) is 8.12. The van der Waals surface area contributed by atoms with E-state index in [-0.39, 0.29) is 23.9 Å². The molecule has 2 amide bonds. The lowest BCUT2D eigenvalue weighted by atomic mass is 10.1. The number of fused-ring (bicyclic) bond motifs is 1. The molecule has 1 heterocycles. The number of para-hydroxylation sites is 1. The van der Waals surface area contributed by atoms with Gasteiger partial charge in [0.25, 0.3) is 11.5 Å². The molecule has 0 bridgehead atoms. The van der Waals surface area contributed by atoms with Crippen molar-refractivity contribution in [3.63, 3.8) is 0 Å². The molecule has 1 aromatic heterocycles. The van der Waals surface area contributed by atoms with E-state index >= 15 is 0 Å². The molecule has 1 aliphatic rings. The summed E-state index contributed by atoms with van der Waals surface area (Å²) in [5.41, 5.74) is 4.11. The first-order chi connectivity index (χ1) is 18.9. The molecule has 3 aromatic carbocycles. The maximum atomic E-state index is 13.6. The number of carbonyl (C=O) groups excluding carboxylic acids is 2. The van der Waals surface area contributed by atoms with Crippen molar-refractivity contribution < 1.29 is 9.59 Å². The van der Waals surface area contributed by atoms with Crippen molar-refractivity contribution in [2.24, 2.45) is 0 Å². The van der Waals surface area contributed by atoms with Gasteiger partial charge in [0, 0.05) is 18.2 Å². The SMILES string of the molecule is CCC(Sc1nc2ccccc2c(=O)n1Cc1ccc(C(=O)NC2CC2)cc1)C(=O)NCc1ccc(C)cc1. The normalized spacial score (nSPS) is 13.7. The predicted molar refractivity (Wildman–Crippen MR) is 155 cm³/mol. The van der Waals surface area contributed by atoms with Crippen molar-refractivity contribution >= 4 is 34.5 Å². The van der Waals surface area contributed by atoms with Gasteiger partial charge < -0.3 is 10.6 Å². The van der Waals surface area contributed by atoms with Gasteiger partial charge in [-0.25, -0.2) is 4.98 Å². The predicted octanol–water partition coefficient (Wildman–Crippen LogP) is 4.83. The summed E-state index contributed by atoms with van der Waals surface area (Å²) in [6, 6.07) is 22.9. The molecule has 7 nitrogen and oxygen atoms in total. The van der Waals surface area contributed by atoms with Crippen molar-refractivity contribution in [1.82, 2.24) is 20.2 Å². The third kappa shape index (κ3) is 6.57. The molecule has 0 saturated heterocycles. The van der Waals surface area contributed by atoms with Crippen LogP contribution in [0.4, 0.5) is 0 Å². The Morgan fingerprint density at radius 1 is 1.00 bits per heavy atom. The smallest absolute Gasteiger partial charge is 0.262 e. The number of benzene rings is 3. The van der Waals surface area contributed by atoms with Crippen LogP contribution >= 0.6 is 11.8 Å². The monoisotopic (exact) mass is 540 g/mol. The first-order valence-electron chi connectivity index (χ1n) is 13.3. The number of hydrogen-bond acceptors (Lipinski definition) is 5. The molecule has 8 heteroatoms. The van der Waals surface area contributed by atoms with Crippen LogP contribution in [0.2, 0.25) is 0 Å². The van der Waals surface area contributed by atoms with E-state index in [2.05, 4.69) is 10.6 Å². The van der Waals surface area contributed by atoms with Crippen LogP contribution in [0.1, 0.15) is 53.2 Å². The lowest BCUT2D eigenvalue weighted by Crippen LogP contribution is -2.33. The third-order valence-electron chi connectivity index (χ3n) is 6.79. The van der Waals surface area contributed by atoms with Crippen molar-refractivity contribution in [3.8, 4) is 0 Å². The summed E-state index contributed by atoms with van der Waals surface area (Å²) >= 11 is 1.31. The quantitative estimate of drug-likeness (QED) is 0.222. The number of aromatic nitrogens is 2. The van der Waals surface area contributed by atoms with Crippen LogP contribution in [0.15, 0.2) is 82.7 Å². The first kappa shape index (κ1) is 26.7. The summed E-state index contributed by atoms with van der Waals surface area (Å²) in [5.74, 6) is -0.171. The van der Waals surface area contributed by atoms with E-state index in [9.17, 15) is 14.4 Å². The zero-order valence-corrected chi connectivity index (χ0v) is 23.0. The van der Waals surface area contributed by atoms with Crippen LogP contribution in [0.5, 0.6) is 0 Å². The van der Waals surface area contributed by atoms with Crippen LogP contribution in [0.3, 0.4) is 0 Å². The highest BCUT2D eigenvalue weighted by molar-refractivity contribution is 8.00. The first-order valence-corrected chi connectivity index (χ1v) is 14.2. The fourth-order valence-electron chi connectivity index (χ4n) is 4.28. The van der Waals surface area contributed by atoms with E-state index in [0.29, 0.717) is 40.6 Å². The largest absolute Gasteiger partial charge is 0.351 e. The topological polar surface area (TPSA) is 93.1 Å². The van der Waals surface area contributed by atoms with Crippen LogP contribution in [-0.2, 0) is 17.9 Å². The molecule has 39 heavy (non-hydrogen) atoms. The maximum Gasteiger partial charge on any atom is 0.262 e. The van der Waals surface area contributed by atoms with E-state index in [1.54, 1.807) is 22.8 Å². The molecule has 5 rings (SSSR count). The van der Waals surface area contributed by atoms with Gasteiger partial charge in [-0.1, -0.05) is 72.8 Å². The van der Waals surface area contributed by atoms with Gasteiger partial charge in [0.05, 0.1) is 22.7 Å². The minimum Gasteiger partial charge on any atom is -0.351 e. The zero-order valence-electron chi connectivity index (χ0n) is 22.1. The van der Waals surface area contributed by atoms with Crippen molar-refractivity contribution in [1.29, 1.82) is 0 Å². The maximum absolute atomic E-state index is 13.6. The van der Waals surface area contributed by atoms with Gasteiger partial charge in [-0.2, -0.15) is 0 Å². The van der Waals surface area contributed by atoms with Crippen LogP contribution < -0.4 is 16.2 Å². The molecular weight excluding hydrogens is 508 g/mol. The summed E-state index contributed by atoms with van der Waals surface area (Å²) in [7, 11) is 0. The van der Waals surface area contributed by atoms with Gasteiger partial charge in [0.2, 0.25) is 5.91 Å². The molecule has 4 aromatic rings. The second-order valence-corrected chi connectivity index (χ2v) is 11.1. The molecule has 0 spiro atoms. The molecular formula is C31H32N4O3S. The average Bonchev–Trinajstić information content (AvgIpc) is 3.77. The average molecular weight is 541 g/mol. The minimum absolute atomic E-state index is 0.0766. The Balaban J connectivity index is 1.38. The molecule has 1 aliphatic carbocycles. The second kappa shape index (κ2) is 11.9. The molecule has 1 unspecified atom stereocenters. The lowest BCUT2D eigenvalue weighted by Gasteiger charge is -2.18.